The summed E-state index contributed by atoms with van der Waals surface area (Å²) in [5.74, 6) is 0. The zero-order valence-electron chi connectivity index (χ0n) is 14.1. The van der Waals surface area contributed by atoms with Gasteiger partial charge in [0.1, 0.15) is 0 Å². The fourth-order valence-electron chi connectivity index (χ4n) is 3.17. The average Bonchev–Trinajstić information content (AvgIpc) is 2.56. The molecule has 1 unspecified atom stereocenters. The first-order valence-electron chi connectivity index (χ1n) is 8.85. The molecule has 1 atom stereocenters. The average molecular weight is 333 g/mol. The van der Waals surface area contributed by atoms with E-state index in [4.69, 9.17) is 0 Å². The highest BCUT2D eigenvalue weighted by Crippen LogP contribution is 2.25. The molecule has 0 aliphatic carbocycles. The Kier molecular flexibility index (Phi) is 7.77. The minimum absolute atomic E-state index is 0.514. The predicted molar refractivity (Wildman–Crippen MR) is 99.3 cm³/mol. The van der Waals surface area contributed by atoms with Crippen LogP contribution in [0.5, 0.6) is 0 Å². The van der Waals surface area contributed by atoms with Crippen LogP contribution in [0.25, 0.3) is 10.8 Å². The lowest BCUT2D eigenvalue weighted by molar-refractivity contribution is 0.565. The third-order valence-electron chi connectivity index (χ3n) is 4.46. The van der Waals surface area contributed by atoms with Gasteiger partial charge in [-0.1, -0.05) is 82.2 Å². The van der Waals surface area contributed by atoms with Crippen LogP contribution in [-0.4, -0.2) is 8.76 Å². The summed E-state index contributed by atoms with van der Waals surface area (Å²) in [7, 11) is 0. The van der Waals surface area contributed by atoms with Crippen molar-refractivity contribution in [1.82, 2.24) is 0 Å². The Labute approximate surface area is 142 Å². The van der Waals surface area contributed by atoms with E-state index >= 15 is 0 Å². The first kappa shape index (κ1) is 18.2. The molecular formula is C20H28O2S. The molecule has 0 aliphatic heterocycles. The van der Waals surface area contributed by atoms with Gasteiger partial charge in [0.15, 0.2) is 11.1 Å². The molecule has 2 aromatic carbocycles. The van der Waals surface area contributed by atoms with E-state index in [1.807, 2.05) is 18.2 Å². The number of aryl methyl sites for hydroxylation is 1. The van der Waals surface area contributed by atoms with Gasteiger partial charge in [0.2, 0.25) is 0 Å². The summed E-state index contributed by atoms with van der Waals surface area (Å²) in [5.41, 5.74) is 1.29. The number of hydrogen-bond acceptors (Lipinski definition) is 1. The maximum atomic E-state index is 11.4. The second-order valence-corrected chi connectivity index (χ2v) is 7.18. The Morgan fingerprint density at radius 3 is 2.13 bits per heavy atom. The second-order valence-electron chi connectivity index (χ2n) is 6.24. The van der Waals surface area contributed by atoms with E-state index in [1.54, 1.807) is 6.07 Å². The highest BCUT2D eigenvalue weighted by Gasteiger charge is 2.08. The minimum atomic E-state index is -1.92. The van der Waals surface area contributed by atoms with E-state index in [1.165, 1.54) is 56.9 Å². The third kappa shape index (κ3) is 5.43. The minimum Gasteiger partial charge on any atom is -0.302 e. The summed E-state index contributed by atoms with van der Waals surface area (Å²) in [6.45, 7) is 2.25. The van der Waals surface area contributed by atoms with Crippen LogP contribution >= 0.6 is 0 Å². The van der Waals surface area contributed by atoms with Gasteiger partial charge >= 0.3 is 0 Å². The molecule has 0 spiro atoms. The van der Waals surface area contributed by atoms with Gasteiger partial charge in [-0.25, -0.2) is 4.21 Å². The van der Waals surface area contributed by atoms with Gasteiger partial charge in [-0.05, 0) is 29.9 Å². The number of benzene rings is 2. The predicted octanol–water partition coefficient (Wildman–Crippen LogP) is 6.10. The van der Waals surface area contributed by atoms with Crippen molar-refractivity contribution in [2.45, 2.75) is 69.6 Å². The van der Waals surface area contributed by atoms with Crippen LogP contribution in [0.15, 0.2) is 41.3 Å². The van der Waals surface area contributed by atoms with Gasteiger partial charge in [0.25, 0.3) is 0 Å². The summed E-state index contributed by atoms with van der Waals surface area (Å²) in [4.78, 5) is 0.514. The van der Waals surface area contributed by atoms with Crippen molar-refractivity contribution in [3.63, 3.8) is 0 Å². The maximum Gasteiger partial charge on any atom is 0.187 e. The van der Waals surface area contributed by atoms with Crippen LogP contribution in [0.2, 0.25) is 0 Å². The molecule has 0 aliphatic rings. The van der Waals surface area contributed by atoms with E-state index in [0.717, 1.165) is 17.2 Å². The molecule has 1 N–H and O–H groups in total. The summed E-state index contributed by atoms with van der Waals surface area (Å²) in [6, 6.07) is 11.8. The largest absolute Gasteiger partial charge is 0.302 e. The Hall–Kier alpha value is -1.19. The quantitative estimate of drug-likeness (QED) is 0.421. The van der Waals surface area contributed by atoms with Crippen molar-refractivity contribution in [3.05, 3.63) is 42.0 Å². The smallest absolute Gasteiger partial charge is 0.187 e. The third-order valence-corrected chi connectivity index (χ3v) is 5.19. The summed E-state index contributed by atoms with van der Waals surface area (Å²) < 4.78 is 20.9. The molecule has 23 heavy (non-hydrogen) atoms. The molecule has 0 saturated heterocycles. The van der Waals surface area contributed by atoms with E-state index in [0.29, 0.717) is 4.90 Å². The molecule has 0 heterocycles. The number of unbranched alkanes of at least 4 members (excludes halogenated alkanes) is 7. The molecular weight excluding hydrogens is 304 g/mol. The highest BCUT2D eigenvalue weighted by molar-refractivity contribution is 7.79. The van der Waals surface area contributed by atoms with Gasteiger partial charge < -0.3 is 4.55 Å². The lowest BCUT2D eigenvalue weighted by Gasteiger charge is -2.09. The molecule has 2 aromatic rings. The van der Waals surface area contributed by atoms with Gasteiger partial charge in [-0.3, -0.25) is 0 Å². The lowest BCUT2D eigenvalue weighted by Crippen LogP contribution is -1.93. The fourth-order valence-corrected chi connectivity index (χ4v) is 3.73. The van der Waals surface area contributed by atoms with E-state index < -0.39 is 11.1 Å². The molecule has 0 aromatic heterocycles. The van der Waals surface area contributed by atoms with E-state index in [2.05, 4.69) is 19.1 Å². The van der Waals surface area contributed by atoms with Gasteiger partial charge in [0, 0.05) is 5.39 Å². The lowest BCUT2D eigenvalue weighted by atomic mass is 9.99. The number of fused-ring (bicyclic) bond motifs is 1. The van der Waals surface area contributed by atoms with Gasteiger partial charge in [-0.15, -0.1) is 0 Å². The maximum absolute atomic E-state index is 11.4. The van der Waals surface area contributed by atoms with E-state index in [-0.39, 0.29) is 0 Å². The standard InChI is InChI=1S/C20H28O2S/c1-2-3-4-5-6-7-8-9-12-17-13-10-15-19-18(17)14-11-16-20(19)23(21)22/h10-11,13-16H,2-9,12H2,1H3,(H,21,22). The number of hydrogen-bond donors (Lipinski definition) is 1. The topological polar surface area (TPSA) is 37.3 Å². The Morgan fingerprint density at radius 1 is 0.826 bits per heavy atom. The SMILES string of the molecule is CCCCCCCCCCc1cccc2c(S(=O)O)cccc12. The highest BCUT2D eigenvalue weighted by atomic mass is 32.2. The summed E-state index contributed by atoms with van der Waals surface area (Å²) in [6.07, 6.45) is 11.6. The first-order valence-corrected chi connectivity index (χ1v) is 9.96. The van der Waals surface area contributed by atoms with Crippen LogP contribution in [0.4, 0.5) is 0 Å². The first-order chi connectivity index (χ1) is 11.2. The summed E-state index contributed by atoms with van der Waals surface area (Å²) in [5, 5.41) is 2.03. The number of rotatable bonds is 10. The van der Waals surface area contributed by atoms with Crippen molar-refractivity contribution in [3.8, 4) is 0 Å². The Balaban J connectivity index is 1.89. The molecule has 0 fully saturated rings. The molecule has 126 valence electrons. The molecule has 3 heteroatoms. The van der Waals surface area contributed by atoms with Crippen molar-refractivity contribution < 1.29 is 8.76 Å². The van der Waals surface area contributed by atoms with Crippen LogP contribution in [0, 0.1) is 0 Å². The zero-order valence-corrected chi connectivity index (χ0v) is 14.9. The van der Waals surface area contributed by atoms with Gasteiger partial charge in [0.05, 0.1) is 4.90 Å². The monoisotopic (exact) mass is 332 g/mol. The van der Waals surface area contributed by atoms with Crippen LogP contribution in [0.1, 0.15) is 63.9 Å². The van der Waals surface area contributed by atoms with Crippen LogP contribution < -0.4 is 0 Å². The second kappa shape index (κ2) is 9.84. The van der Waals surface area contributed by atoms with Crippen molar-refractivity contribution in [2.75, 3.05) is 0 Å². The van der Waals surface area contributed by atoms with Crippen molar-refractivity contribution in [2.24, 2.45) is 0 Å². The molecule has 0 bridgehead atoms. The van der Waals surface area contributed by atoms with Crippen molar-refractivity contribution in [1.29, 1.82) is 0 Å². The normalized spacial score (nSPS) is 12.6. The van der Waals surface area contributed by atoms with Crippen LogP contribution in [-0.2, 0) is 17.5 Å². The van der Waals surface area contributed by atoms with Gasteiger partial charge in [-0.2, -0.15) is 0 Å². The fraction of sp³-hybridized carbons (Fsp3) is 0.500. The molecule has 2 nitrogen and oxygen atoms in total. The van der Waals surface area contributed by atoms with Crippen molar-refractivity contribution >= 4 is 21.9 Å². The zero-order chi connectivity index (χ0) is 16.5. The molecule has 0 amide bonds. The molecule has 0 radical (unpaired) electrons. The van der Waals surface area contributed by atoms with E-state index in [9.17, 15) is 8.76 Å². The molecule has 2 rings (SSSR count). The Morgan fingerprint density at radius 2 is 1.43 bits per heavy atom. The Bertz CT molecular complexity index is 637. The van der Waals surface area contributed by atoms with Crippen LogP contribution in [0.3, 0.4) is 0 Å². The summed E-state index contributed by atoms with van der Waals surface area (Å²) >= 11 is -1.92. The molecule has 0 saturated carbocycles.